The van der Waals surface area contributed by atoms with Crippen molar-refractivity contribution in [3.8, 4) is 5.75 Å². The van der Waals surface area contributed by atoms with Crippen molar-refractivity contribution >= 4 is 11.6 Å². The summed E-state index contributed by atoms with van der Waals surface area (Å²) >= 11 is 0. The number of hydrogen-bond acceptors (Lipinski definition) is 4. The summed E-state index contributed by atoms with van der Waals surface area (Å²) in [6, 6.07) is 15.5. The molecule has 164 valence electrons. The quantitative estimate of drug-likeness (QED) is 0.459. The highest BCUT2D eigenvalue weighted by molar-refractivity contribution is 5.95. The number of imidazole rings is 1. The predicted octanol–water partition coefficient (Wildman–Crippen LogP) is 3.96. The van der Waals surface area contributed by atoms with Gasteiger partial charge in [-0.05, 0) is 42.3 Å². The van der Waals surface area contributed by atoms with Crippen LogP contribution in [-0.4, -0.2) is 27.0 Å². The van der Waals surface area contributed by atoms with Crippen molar-refractivity contribution in [2.45, 2.75) is 19.6 Å². The third-order valence-electron chi connectivity index (χ3n) is 5.07. The zero-order chi connectivity index (χ0) is 22.7. The normalized spacial score (nSPS) is 12.0. The lowest BCUT2D eigenvalue weighted by atomic mass is 10.1. The van der Waals surface area contributed by atoms with Crippen molar-refractivity contribution in [2.24, 2.45) is 0 Å². The molecule has 0 unspecified atom stereocenters. The van der Waals surface area contributed by atoms with E-state index in [4.69, 9.17) is 4.74 Å². The minimum absolute atomic E-state index is 0.00487. The summed E-state index contributed by atoms with van der Waals surface area (Å²) in [5.74, 6) is -1.87. The van der Waals surface area contributed by atoms with Crippen LogP contribution in [0.1, 0.15) is 33.4 Å². The fraction of sp³-hybridized carbons (Fsp3) is 0.167. The molecule has 2 aromatic heterocycles. The van der Waals surface area contributed by atoms with Crippen LogP contribution in [0.25, 0.3) is 5.65 Å². The molecule has 0 aliphatic rings. The van der Waals surface area contributed by atoms with Crippen molar-refractivity contribution in [2.75, 3.05) is 6.61 Å². The van der Waals surface area contributed by atoms with Gasteiger partial charge >= 0.3 is 0 Å². The predicted molar refractivity (Wildman–Crippen MR) is 114 cm³/mol. The van der Waals surface area contributed by atoms with E-state index in [2.05, 4.69) is 10.3 Å². The highest BCUT2D eigenvalue weighted by atomic mass is 19.2. The van der Waals surface area contributed by atoms with E-state index in [1.807, 2.05) is 30.3 Å². The van der Waals surface area contributed by atoms with Crippen LogP contribution in [0.3, 0.4) is 0 Å². The van der Waals surface area contributed by atoms with E-state index in [-0.39, 0.29) is 13.2 Å². The number of fused-ring (bicyclic) bond motifs is 1. The molecule has 0 aliphatic heterocycles. The number of halogens is 2. The molecule has 0 radical (unpaired) electrons. The molecule has 0 aliphatic carbocycles. The Bertz CT molecular complexity index is 1260. The Balaban J connectivity index is 1.59. The van der Waals surface area contributed by atoms with E-state index in [9.17, 15) is 18.7 Å². The SMILES string of the molecule is Cc1nc2c(OCc3ccc(F)c(F)c3)cccn2c1C(=O)N[C@@H](CO)c1ccccc1. The number of carbonyl (C=O) groups is 1. The smallest absolute Gasteiger partial charge is 0.270 e. The number of ether oxygens (including phenoxy) is 1. The van der Waals surface area contributed by atoms with Crippen LogP contribution in [0, 0.1) is 18.6 Å². The molecule has 8 heteroatoms. The van der Waals surface area contributed by atoms with Crippen molar-refractivity contribution in [3.63, 3.8) is 0 Å². The van der Waals surface area contributed by atoms with E-state index in [0.29, 0.717) is 28.3 Å². The van der Waals surface area contributed by atoms with Gasteiger partial charge in [-0.1, -0.05) is 36.4 Å². The number of rotatable bonds is 7. The van der Waals surface area contributed by atoms with Gasteiger partial charge in [0, 0.05) is 6.20 Å². The Morgan fingerprint density at radius 2 is 1.91 bits per heavy atom. The first-order valence-electron chi connectivity index (χ1n) is 9.99. The van der Waals surface area contributed by atoms with E-state index in [1.54, 1.807) is 29.7 Å². The van der Waals surface area contributed by atoms with Crippen LogP contribution in [0.2, 0.25) is 0 Å². The Labute approximate surface area is 183 Å². The second-order valence-corrected chi connectivity index (χ2v) is 7.27. The fourth-order valence-electron chi connectivity index (χ4n) is 3.48. The number of pyridine rings is 1. The van der Waals surface area contributed by atoms with Gasteiger partial charge in [0.25, 0.3) is 5.91 Å². The maximum absolute atomic E-state index is 13.4. The first kappa shape index (κ1) is 21.5. The number of hydrogen-bond donors (Lipinski definition) is 2. The molecule has 0 fully saturated rings. The molecule has 1 atom stereocenters. The Morgan fingerprint density at radius 1 is 1.12 bits per heavy atom. The second-order valence-electron chi connectivity index (χ2n) is 7.27. The van der Waals surface area contributed by atoms with E-state index in [0.717, 1.165) is 17.7 Å². The number of nitrogens with one attached hydrogen (secondary N) is 1. The number of aromatic nitrogens is 2. The summed E-state index contributed by atoms with van der Waals surface area (Å²) in [5.41, 5.74) is 2.45. The average molecular weight is 437 g/mol. The summed E-state index contributed by atoms with van der Waals surface area (Å²) in [4.78, 5) is 17.5. The number of aliphatic hydroxyl groups is 1. The Kier molecular flexibility index (Phi) is 6.13. The maximum Gasteiger partial charge on any atom is 0.270 e. The number of aliphatic hydroxyl groups excluding tert-OH is 1. The largest absolute Gasteiger partial charge is 0.485 e. The highest BCUT2D eigenvalue weighted by Crippen LogP contribution is 2.24. The van der Waals surface area contributed by atoms with Gasteiger partial charge < -0.3 is 15.2 Å². The van der Waals surface area contributed by atoms with Crippen LogP contribution in [-0.2, 0) is 6.61 Å². The number of benzene rings is 2. The van der Waals surface area contributed by atoms with Crippen molar-refractivity contribution in [1.82, 2.24) is 14.7 Å². The van der Waals surface area contributed by atoms with Gasteiger partial charge in [0.1, 0.15) is 12.3 Å². The standard InChI is InChI=1S/C24H21F2N3O3/c1-15-22(24(31)28-20(13-30)17-6-3-2-4-7-17)29-11-5-8-21(23(29)27-15)32-14-16-9-10-18(25)19(26)12-16/h2-12,20,30H,13-14H2,1H3,(H,28,31)/t20-/m0/s1. The third-order valence-corrected chi connectivity index (χ3v) is 5.07. The van der Waals surface area contributed by atoms with Gasteiger partial charge in [-0.25, -0.2) is 13.8 Å². The van der Waals surface area contributed by atoms with Gasteiger partial charge in [-0.2, -0.15) is 0 Å². The van der Waals surface area contributed by atoms with Crippen molar-refractivity contribution in [3.05, 3.63) is 101 Å². The fourth-order valence-corrected chi connectivity index (χ4v) is 3.48. The highest BCUT2D eigenvalue weighted by Gasteiger charge is 2.22. The monoisotopic (exact) mass is 437 g/mol. The van der Waals surface area contributed by atoms with E-state index in [1.165, 1.54) is 6.07 Å². The summed E-state index contributed by atoms with van der Waals surface area (Å²) in [5, 5.41) is 12.6. The molecule has 32 heavy (non-hydrogen) atoms. The molecule has 0 saturated heterocycles. The molecule has 6 nitrogen and oxygen atoms in total. The van der Waals surface area contributed by atoms with Crippen LogP contribution in [0.4, 0.5) is 8.78 Å². The lowest BCUT2D eigenvalue weighted by molar-refractivity contribution is 0.0909. The summed E-state index contributed by atoms with van der Waals surface area (Å²) < 4.78 is 34.0. The minimum Gasteiger partial charge on any atom is -0.485 e. The van der Waals surface area contributed by atoms with E-state index < -0.39 is 23.6 Å². The van der Waals surface area contributed by atoms with Gasteiger partial charge in [-0.3, -0.25) is 9.20 Å². The van der Waals surface area contributed by atoms with Gasteiger partial charge in [-0.15, -0.1) is 0 Å². The van der Waals surface area contributed by atoms with Crippen LogP contribution >= 0.6 is 0 Å². The first-order valence-corrected chi connectivity index (χ1v) is 9.99. The number of amides is 1. The summed E-state index contributed by atoms with van der Waals surface area (Å²) in [6.45, 7) is 1.45. The molecule has 2 heterocycles. The summed E-state index contributed by atoms with van der Waals surface area (Å²) in [6.07, 6.45) is 1.69. The van der Waals surface area contributed by atoms with Crippen LogP contribution in [0.15, 0.2) is 66.9 Å². The maximum atomic E-state index is 13.4. The molecule has 0 spiro atoms. The average Bonchev–Trinajstić information content (AvgIpc) is 3.15. The van der Waals surface area contributed by atoms with Gasteiger partial charge in [0.2, 0.25) is 0 Å². The minimum atomic E-state index is -0.947. The lowest BCUT2D eigenvalue weighted by Crippen LogP contribution is -2.32. The van der Waals surface area contributed by atoms with Gasteiger partial charge in [0.15, 0.2) is 23.0 Å². The Hall–Kier alpha value is -3.78. The zero-order valence-corrected chi connectivity index (χ0v) is 17.3. The molecule has 0 saturated carbocycles. The molecule has 1 amide bonds. The van der Waals surface area contributed by atoms with Crippen LogP contribution in [0.5, 0.6) is 5.75 Å². The van der Waals surface area contributed by atoms with Crippen molar-refractivity contribution in [1.29, 1.82) is 0 Å². The second kappa shape index (κ2) is 9.15. The molecule has 4 rings (SSSR count). The number of nitrogens with zero attached hydrogens (tertiary/aromatic N) is 2. The molecule has 0 bridgehead atoms. The lowest BCUT2D eigenvalue weighted by Gasteiger charge is -2.17. The first-order chi connectivity index (χ1) is 15.5. The van der Waals surface area contributed by atoms with Crippen molar-refractivity contribution < 1.29 is 23.4 Å². The van der Waals surface area contributed by atoms with Gasteiger partial charge in [0.05, 0.1) is 18.3 Å². The molecular weight excluding hydrogens is 416 g/mol. The molecule has 4 aromatic rings. The number of carbonyl (C=O) groups excluding carboxylic acids is 1. The van der Waals surface area contributed by atoms with Crippen LogP contribution < -0.4 is 10.1 Å². The van der Waals surface area contributed by atoms with E-state index >= 15 is 0 Å². The number of aryl methyl sites for hydroxylation is 1. The third kappa shape index (κ3) is 4.31. The molecule has 2 N–H and O–H groups in total. The summed E-state index contributed by atoms with van der Waals surface area (Å²) in [7, 11) is 0. The molecular formula is C24H21F2N3O3. The Morgan fingerprint density at radius 3 is 2.62 bits per heavy atom. The zero-order valence-electron chi connectivity index (χ0n) is 17.3. The topological polar surface area (TPSA) is 75.9 Å². The molecule has 2 aromatic carbocycles.